The van der Waals surface area contributed by atoms with Crippen molar-refractivity contribution in [2.24, 2.45) is 0 Å². The number of methoxy groups -OCH3 is 1. The molecule has 3 rings (SSSR count). The molecule has 0 fully saturated rings. The van der Waals surface area contributed by atoms with E-state index in [1.807, 2.05) is 0 Å². The largest absolute Gasteiger partial charge is 0.453 e. The summed E-state index contributed by atoms with van der Waals surface area (Å²) in [7, 11) is 1.16. The molecule has 26 heavy (non-hydrogen) atoms. The van der Waals surface area contributed by atoms with E-state index in [-0.39, 0.29) is 22.8 Å². The van der Waals surface area contributed by atoms with Crippen molar-refractivity contribution in [1.29, 1.82) is 0 Å². The second-order valence-electron chi connectivity index (χ2n) is 5.43. The van der Waals surface area contributed by atoms with Crippen molar-refractivity contribution in [3.8, 4) is 22.8 Å². The zero-order valence-electron chi connectivity index (χ0n) is 13.9. The van der Waals surface area contributed by atoms with Gasteiger partial charge in [-0.2, -0.15) is 4.98 Å². The fourth-order valence-corrected chi connectivity index (χ4v) is 2.26. The summed E-state index contributed by atoms with van der Waals surface area (Å²) in [5, 5.41) is 5.88. The maximum Gasteiger partial charge on any atom is 0.413 e. The molecule has 3 aromatic rings. The Balaban J connectivity index is 1.89. The lowest BCUT2D eigenvalue weighted by atomic mass is 10.1. The van der Waals surface area contributed by atoms with Gasteiger partial charge in [0.15, 0.2) is 0 Å². The number of nitrogens with one attached hydrogen (secondary N) is 1. The number of alkyl carbamates (subject to hydrolysis) is 1. The number of amides is 2. The first-order valence-electron chi connectivity index (χ1n) is 7.58. The number of aryl methyl sites for hydroxylation is 1. The summed E-state index contributed by atoms with van der Waals surface area (Å²) in [6.45, 7) is 1.77. The minimum atomic E-state index is -0.864. The van der Waals surface area contributed by atoms with E-state index in [1.54, 1.807) is 31.2 Å². The van der Waals surface area contributed by atoms with Gasteiger partial charge in [-0.1, -0.05) is 23.4 Å². The number of aromatic nitrogens is 2. The lowest BCUT2D eigenvalue weighted by molar-refractivity contribution is 0.0937. The van der Waals surface area contributed by atoms with Gasteiger partial charge in [-0.15, -0.1) is 0 Å². The smallest absolute Gasteiger partial charge is 0.413 e. The molecule has 0 unspecified atom stereocenters. The molecule has 0 saturated heterocycles. The monoisotopic (exact) mass is 355 g/mol. The second kappa shape index (κ2) is 7.14. The molecule has 132 valence electrons. The van der Waals surface area contributed by atoms with Crippen LogP contribution in [0.4, 0.5) is 9.18 Å². The number of ether oxygens (including phenoxy) is 1. The van der Waals surface area contributed by atoms with Crippen LogP contribution in [-0.2, 0) is 4.74 Å². The Kier molecular flexibility index (Phi) is 4.74. The number of hydrogen-bond donors (Lipinski definition) is 1. The first-order chi connectivity index (χ1) is 12.5. The van der Waals surface area contributed by atoms with Crippen molar-refractivity contribution >= 4 is 12.0 Å². The number of nitrogens with zero attached hydrogens (tertiary/aromatic N) is 2. The zero-order chi connectivity index (χ0) is 18.7. The van der Waals surface area contributed by atoms with Gasteiger partial charge in [-0.05, 0) is 36.8 Å². The Morgan fingerprint density at radius 2 is 2.00 bits per heavy atom. The molecule has 2 aromatic carbocycles. The van der Waals surface area contributed by atoms with Crippen LogP contribution in [0.5, 0.6) is 0 Å². The number of halogens is 1. The van der Waals surface area contributed by atoms with Crippen LogP contribution in [-0.4, -0.2) is 29.3 Å². The average Bonchev–Trinajstić information content (AvgIpc) is 3.11. The van der Waals surface area contributed by atoms with Crippen molar-refractivity contribution in [3.63, 3.8) is 0 Å². The Morgan fingerprint density at radius 1 is 1.19 bits per heavy atom. The molecule has 0 aliphatic carbocycles. The van der Waals surface area contributed by atoms with Gasteiger partial charge in [-0.25, -0.2) is 9.18 Å². The lowest BCUT2D eigenvalue weighted by Gasteiger charge is -2.03. The highest BCUT2D eigenvalue weighted by atomic mass is 19.1. The molecule has 0 radical (unpaired) electrons. The Hall–Kier alpha value is -3.55. The molecule has 8 heteroatoms. The predicted molar refractivity (Wildman–Crippen MR) is 89.7 cm³/mol. The molecule has 0 bridgehead atoms. The zero-order valence-corrected chi connectivity index (χ0v) is 13.9. The maximum atomic E-state index is 14.0. The van der Waals surface area contributed by atoms with E-state index in [1.165, 1.54) is 18.2 Å². The van der Waals surface area contributed by atoms with Crippen LogP contribution >= 0.6 is 0 Å². The SMILES string of the molecule is COC(=O)NC(=O)c1cccc(-c2noc(-c3ccc(C)cc3F)n2)c1. The van der Waals surface area contributed by atoms with Crippen LogP contribution in [0.25, 0.3) is 22.8 Å². The second-order valence-corrected chi connectivity index (χ2v) is 5.43. The molecule has 0 spiro atoms. The summed E-state index contributed by atoms with van der Waals surface area (Å²) in [6, 6.07) is 10.9. The Bertz CT molecular complexity index is 984. The Morgan fingerprint density at radius 3 is 2.73 bits per heavy atom. The van der Waals surface area contributed by atoms with Crippen LogP contribution in [0.3, 0.4) is 0 Å². The Labute approximate surface area is 147 Å². The third-order valence-electron chi connectivity index (χ3n) is 3.56. The average molecular weight is 355 g/mol. The third-order valence-corrected chi connectivity index (χ3v) is 3.56. The number of carbonyl (C=O) groups is 2. The molecule has 0 aliphatic heterocycles. The maximum absolute atomic E-state index is 14.0. The molecule has 7 nitrogen and oxygen atoms in total. The van der Waals surface area contributed by atoms with Crippen molar-refractivity contribution in [1.82, 2.24) is 15.5 Å². The summed E-state index contributed by atoms with van der Waals surface area (Å²) in [5.41, 5.74) is 1.65. The van der Waals surface area contributed by atoms with E-state index >= 15 is 0 Å². The summed E-state index contributed by atoms with van der Waals surface area (Å²) in [4.78, 5) is 27.3. The summed E-state index contributed by atoms with van der Waals surface area (Å²) in [5.74, 6) is -0.881. The van der Waals surface area contributed by atoms with Crippen LogP contribution in [0.2, 0.25) is 0 Å². The predicted octanol–water partition coefficient (Wildman–Crippen LogP) is 3.35. The number of rotatable bonds is 3. The standard InChI is InChI=1S/C18H14FN3O4/c1-10-6-7-13(14(19)8-10)17-20-15(22-26-17)11-4-3-5-12(9-11)16(23)21-18(24)25-2/h3-9H,1-2H3,(H,21,23,24). The van der Waals surface area contributed by atoms with Gasteiger partial charge in [0.2, 0.25) is 5.82 Å². The van der Waals surface area contributed by atoms with Gasteiger partial charge in [-0.3, -0.25) is 10.1 Å². The summed E-state index contributed by atoms with van der Waals surface area (Å²) >= 11 is 0. The molecule has 1 aromatic heterocycles. The van der Waals surface area contributed by atoms with E-state index < -0.39 is 17.8 Å². The van der Waals surface area contributed by atoms with Crippen molar-refractivity contribution in [3.05, 3.63) is 59.4 Å². The van der Waals surface area contributed by atoms with E-state index in [4.69, 9.17) is 4.52 Å². The molecule has 0 aliphatic rings. The fraction of sp³-hybridized carbons (Fsp3) is 0.111. The van der Waals surface area contributed by atoms with E-state index in [9.17, 15) is 14.0 Å². The van der Waals surface area contributed by atoms with Crippen molar-refractivity contribution in [2.75, 3.05) is 7.11 Å². The molecular formula is C18H14FN3O4. The number of hydrogen-bond acceptors (Lipinski definition) is 6. The first kappa shape index (κ1) is 17.3. The van der Waals surface area contributed by atoms with Gasteiger partial charge >= 0.3 is 6.09 Å². The molecule has 1 heterocycles. The van der Waals surface area contributed by atoms with E-state index in [0.29, 0.717) is 5.56 Å². The highest BCUT2D eigenvalue weighted by Gasteiger charge is 2.16. The lowest BCUT2D eigenvalue weighted by Crippen LogP contribution is -2.30. The number of carbonyl (C=O) groups excluding carboxylic acids is 2. The van der Waals surface area contributed by atoms with Gasteiger partial charge in [0.25, 0.3) is 11.8 Å². The summed E-state index contributed by atoms with van der Waals surface area (Å²) < 4.78 is 23.6. The summed E-state index contributed by atoms with van der Waals surface area (Å²) in [6.07, 6.45) is -0.864. The van der Waals surface area contributed by atoms with E-state index in [0.717, 1.165) is 12.7 Å². The third kappa shape index (κ3) is 3.59. The van der Waals surface area contributed by atoms with Gasteiger partial charge in [0.05, 0.1) is 12.7 Å². The van der Waals surface area contributed by atoms with Gasteiger partial charge < -0.3 is 9.26 Å². The fourth-order valence-electron chi connectivity index (χ4n) is 2.26. The molecule has 0 saturated carbocycles. The van der Waals surface area contributed by atoms with Crippen molar-refractivity contribution < 1.29 is 23.2 Å². The first-order valence-corrected chi connectivity index (χ1v) is 7.58. The molecule has 2 amide bonds. The highest BCUT2D eigenvalue weighted by molar-refractivity contribution is 6.03. The molecule has 1 N–H and O–H groups in total. The van der Waals surface area contributed by atoms with Crippen molar-refractivity contribution in [2.45, 2.75) is 6.92 Å². The molecular weight excluding hydrogens is 341 g/mol. The minimum Gasteiger partial charge on any atom is -0.453 e. The van der Waals surface area contributed by atoms with Crippen LogP contribution < -0.4 is 5.32 Å². The van der Waals surface area contributed by atoms with Crippen LogP contribution in [0.1, 0.15) is 15.9 Å². The molecule has 0 atom stereocenters. The van der Waals surface area contributed by atoms with Gasteiger partial charge in [0.1, 0.15) is 5.82 Å². The quantitative estimate of drug-likeness (QED) is 0.774. The minimum absolute atomic E-state index is 0.0296. The van der Waals surface area contributed by atoms with Crippen LogP contribution in [0, 0.1) is 12.7 Å². The number of benzene rings is 2. The van der Waals surface area contributed by atoms with Gasteiger partial charge in [0, 0.05) is 11.1 Å². The topological polar surface area (TPSA) is 94.3 Å². The van der Waals surface area contributed by atoms with Crippen LogP contribution in [0.15, 0.2) is 47.0 Å². The van der Waals surface area contributed by atoms with E-state index in [2.05, 4.69) is 20.2 Å². The highest BCUT2D eigenvalue weighted by Crippen LogP contribution is 2.25. The number of imide groups is 1. The normalized spacial score (nSPS) is 10.4.